The number of thiophene rings is 1. The zero-order valence-corrected chi connectivity index (χ0v) is 15.5. The zero-order valence-electron chi connectivity index (χ0n) is 14.6. The molecule has 0 bridgehead atoms. The normalized spacial score (nSPS) is 21.4. The number of amides is 2. The van der Waals surface area contributed by atoms with Crippen LogP contribution in [-0.4, -0.2) is 55.3 Å². The molecular formula is C18H27N3O2S. The van der Waals surface area contributed by atoms with Crippen LogP contribution in [0, 0.1) is 5.92 Å². The van der Waals surface area contributed by atoms with E-state index in [1.54, 1.807) is 18.4 Å². The van der Waals surface area contributed by atoms with E-state index in [-0.39, 0.29) is 11.8 Å². The minimum atomic E-state index is -0.0336. The van der Waals surface area contributed by atoms with Crippen molar-refractivity contribution in [2.75, 3.05) is 33.7 Å². The van der Waals surface area contributed by atoms with Gasteiger partial charge in [0.2, 0.25) is 5.91 Å². The van der Waals surface area contributed by atoms with Crippen LogP contribution in [0.15, 0.2) is 6.07 Å². The third-order valence-corrected chi connectivity index (χ3v) is 6.39. The molecule has 132 valence electrons. The molecule has 0 radical (unpaired) electrons. The molecule has 0 saturated carbocycles. The van der Waals surface area contributed by atoms with Gasteiger partial charge in [0.05, 0.1) is 4.88 Å². The van der Waals surface area contributed by atoms with Crippen LogP contribution < -0.4 is 5.32 Å². The quantitative estimate of drug-likeness (QED) is 0.906. The maximum absolute atomic E-state index is 12.6. The molecule has 3 rings (SSSR count). The van der Waals surface area contributed by atoms with Gasteiger partial charge in [-0.05, 0) is 56.8 Å². The monoisotopic (exact) mass is 349 g/mol. The van der Waals surface area contributed by atoms with Gasteiger partial charge in [-0.2, -0.15) is 0 Å². The van der Waals surface area contributed by atoms with Crippen LogP contribution in [0.4, 0.5) is 0 Å². The van der Waals surface area contributed by atoms with Crippen LogP contribution in [0.5, 0.6) is 0 Å². The Bertz CT molecular complexity index is 613. The van der Waals surface area contributed by atoms with E-state index < -0.39 is 0 Å². The summed E-state index contributed by atoms with van der Waals surface area (Å²) >= 11 is 1.56. The molecular weight excluding hydrogens is 322 g/mol. The number of rotatable bonds is 4. The number of nitrogens with zero attached hydrogens (tertiary/aromatic N) is 2. The molecule has 3 heterocycles. The molecule has 5 nitrogen and oxygen atoms in total. The van der Waals surface area contributed by atoms with Crippen molar-refractivity contribution in [2.45, 2.75) is 38.6 Å². The van der Waals surface area contributed by atoms with Crippen LogP contribution >= 0.6 is 11.3 Å². The predicted molar refractivity (Wildman–Crippen MR) is 96.3 cm³/mol. The molecule has 0 aromatic carbocycles. The maximum atomic E-state index is 12.6. The van der Waals surface area contributed by atoms with E-state index in [0.29, 0.717) is 18.9 Å². The van der Waals surface area contributed by atoms with Crippen LogP contribution in [0.1, 0.15) is 45.8 Å². The summed E-state index contributed by atoms with van der Waals surface area (Å²) in [5.41, 5.74) is 1.15. The van der Waals surface area contributed by atoms with Gasteiger partial charge in [-0.1, -0.05) is 0 Å². The van der Waals surface area contributed by atoms with Crippen LogP contribution in [0.2, 0.25) is 0 Å². The lowest BCUT2D eigenvalue weighted by Gasteiger charge is -2.31. The highest BCUT2D eigenvalue weighted by molar-refractivity contribution is 7.14. The number of carbonyl (C=O) groups excluding carboxylic acids is 2. The molecule has 0 aliphatic carbocycles. The predicted octanol–water partition coefficient (Wildman–Crippen LogP) is 2.11. The maximum Gasteiger partial charge on any atom is 0.261 e. The summed E-state index contributed by atoms with van der Waals surface area (Å²) in [6.45, 7) is 3.75. The fourth-order valence-electron chi connectivity index (χ4n) is 3.78. The summed E-state index contributed by atoms with van der Waals surface area (Å²) < 4.78 is 0. The summed E-state index contributed by atoms with van der Waals surface area (Å²) in [6.07, 6.45) is 5.02. The topological polar surface area (TPSA) is 52.7 Å². The van der Waals surface area contributed by atoms with Crippen LogP contribution in [0.25, 0.3) is 0 Å². The summed E-state index contributed by atoms with van der Waals surface area (Å²) in [5.74, 6) is 0.893. The van der Waals surface area contributed by atoms with Crippen molar-refractivity contribution in [3.63, 3.8) is 0 Å². The summed E-state index contributed by atoms with van der Waals surface area (Å²) in [4.78, 5) is 30.7. The second kappa shape index (κ2) is 7.66. The van der Waals surface area contributed by atoms with Gasteiger partial charge in [-0.25, -0.2) is 0 Å². The first kappa shape index (κ1) is 17.4. The van der Waals surface area contributed by atoms with Gasteiger partial charge in [0.25, 0.3) is 5.91 Å². The molecule has 2 aliphatic rings. The first-order valence-electron chi connectivity index (χ1n) is 8.86. The average Bonchev–Trinajstić information content (AvgIpc) is 3.02. The third-order valence-electron chi connectivity index (χ3n) is 5.16. The molecule has 2 amide bonds. The van der Waals surface area contributed by atoms with Crippen molar-refractivity contribution in [1.29, 1.82) is 0 Å². The molecule has 1 atom stereocenters. The van der Waals surface area contributed by atoms with E-state index in [2.05, 4.69) is 17.3 Å². The molecule has 2 aliphatic heterocycles. The van der Waals surface area contributed by atoms with E-state index in [1.807, 2.05) is 11.0 Å². The van der Waals surface area contributed by atoms with Gasteiger partial charge in [-0.3, -0.25) is 9.59 Å². The molecule has 1 aromatic heterocycles. The van der Waals surface area contributed by atoms with E-state index in [0.717, 1.165) is 36.4 Å². The highest BCUT2D eigenvalue weighted by Gasteiger charge is 2.25. The van der Waals surface area contributed by atoms with E-state index in [4.69, 9.17) is 0 Å². The zero-order chi connectivity index (χ0) is 17.1. The molecule has 1 saturated heterocycles. The average molecular weight is 350 g/mol. The van der Waals surface area contributed by atoms with E-state index >= 15 is 0 Å². The Morgan fingerprint density at radius 1 is 1.38 bits per heavy atom. The fraction of sp³-hybridized carbons (Fsp3) is 0.667. The number of fused-ring (bicyclic) bond motifs is 1. The number of hydrogen-bond donors (Lipinski definition) is 1. The first-order valence-corrected chi connectivity index (χ1v) is 9.68. The standard InChI is InChI=1S/C18H27N3O2S/c1-19-18(23)16-10-14-12-21(9-7-15(14)24-16)17(22)6-5-13-4-3-8-20(2)11-13/h10,13H,3-9,11-12H2,1-2H3,(H,19,23)/t13-/m1/s1. The number of hydrogen-bond acceptors (Lipinski definition) is 4. The summed E-state index contributed by atoms with van der Waals surface area (Å²) in [5, 5.41) is 2.67. The van der Waals surface area contributed by atoms with E-state index in [9.17, 15) is 9.59 Å². The van der Waals surface area contributed by atoms with Gasteiger partial charge in [0, 0.05) is 38.0 Å². The second-order valence-corrected chi connectivity index (χ2v) is 8.15. The Morgan fingerprint density at radius 3 is 2.96 bits per heavy atom. The number of nitrogens with one attached hydrogen (secondary N) is 1. The largest absolute Gasteiger partial charge is 0.354 e. The van der Waals surface area contributed by atoms with Gasteiger partial charge in [0.1, 0.15) is 0 Å². The number of piperidine rings is 1. The van der Waals surface area contributed by atoms with Crippen LogP contribution in [0.3, 0.4) is 0 Å². The molecule has 1 fully saturated rings. The Labute approximate surface area is 148 Å². The van der Waals surface area contributed by atoms with E-state index in [1.165, 1.54) is 24.3 Å². The second-order valence-electron chi connectivity index (χ2n) is 7.01. The molecule has 0 unspecified atom stereocenters. The van der Waals surface area contributed by atoms with Crippen molar-refractivity contribution in [3.05, 3.63) is 21.4 Å². The lowest BCUT2D eigenvalue weighted by Crippen LogP contribution is -2.36. The SMILES string of the molecule is CNC(=O)c1cc2c(s1)CCN(C(=O)CC[C@H]1CCCN(C)C1)C2. The number of carbonyl (C=O) groups is 2. The van der Waals surface area contributed by atoms with Crippen molar-refractivity contribution in [2.24, 2.45) is 5.92 Å². The highest BCUT2D eigenvalue weighted by Crippen LogP contribution is 2.29. The van der Waals surface area contributed by atoms with Gasteiger partial charge < -0.3 is 15.1 Å². The summed E-state index contributed by atoms with van der Waals surface area (Å²) in [6, 6.07) is 1.95. The molecule has 6 heteroatoms. The summed E-state index contributed by atoms with van der Waals surface area (Å²) in [7, 11) is 3.82. The highest BCUT2D eigenvalue weighted by atomic mass is 32.1. The molecule has 0 spiro atoms. The van der Waals surface area contributed by atoms with Gasteiger partial charge >= 0.3 is 0 Å². The Balaban J connectivity index is 1.53. The number of likely N-dealkylation sites (tertiary alicyclic amines) is 1. The van der Waals surface area contributed by atoms with Gasteiger partial charge in [-0.15, -0.1) is 11.3 Å². The smallest absolute Gasteiger partial charge is 0.261 e. The van der Waals surface area contributed by atoms with Crippen molar-refractivity contribution < 1.29 is 9.59 Å². The minimum absolute atomic E-state index is 0.0336. The third kappa shape index (κ3) is 3.98. The lowest BCUT2D eigenvalue weighted by atomic mass is 9.93. The molecule has 1 N–H and O–H groups in total. The Morgan fingerprint density at radius 2 is 2.21 bits per heavy atom. The molecule has 1 aromatic rings. The van der Waals surface area contributed by atoms with Crippen molar-refractivity contribution >= 4 is 23.2 Å². The minimum Gasteiger partial charge on any atom is -0.354 e. The Kier molecular flexibility index (Phi) is 5.56. The van der Waals surface area contributed by atoms with Gasteiger partial charge in [0.15, 0.2) is 0 Å². The van der Waals surface area contributed by atoms with Crippen LogP contribution in [-0.2, 0) is 17.8 Å². The fourth-order valence-corrected chi connectivity index (χ4v) is 4.88. The molecule has 24 heavy (non-hydrogen) atoms. The van der Waals surface area contributed by atoms with Crippen molar-refractivity contribution in [1.82, 2.24) is 15.1 Å². The van der Waals surface area contributed by atoms with Crippen molar-refractivity contribution in [3.8, 4) is 0 Å². The Hall–Kier alpha value is -1.40. The lowest BCUT2D eigenvalue weighted by molar-refractivity contribution is -0.132. The first-order chi connectivity index (χ1) is 11.6.